The van der Waals surface area contributed by atoms with Gasteiger partial charge in [0.2, 0.25) is 11.8 Å². The number of benzene rings is 2. The van der Waals surface area contributed by atoms with E-state index in [2.05, 4.69) is 18.3 Å². The van der Waals surface area contributed by atoms with Crippen molar-refractivity contribution in [2.24, 2.45) is 0 Å². The third-order valence-electron chi connectivity index (χ3n) is 4.90. The normalized spacial score (nSPS) is 11.7. The molecule has 4 nitrogen and oxygen atoms in total. The SMILES string of the molecule is CCCCNC(=O)[C@H](CC)N(Cc1cccc(C)c1)C(=O)Cc1cccc(Cl)c1. The molecule has 156 valence electrons. The Labute approximate surface area is 179 Å². The smallest absolute Gasteiger partial charge is 0.242 e. The van der Waals surface area contributed by atoms with Crippen molar-refractivity contribution < 1.29 is 9.59 Å². The van der Waals surface area contributed by atoms with Crippen LogP contribution in [0.2, 0.25) is 5.02 Å². The number of halogens is 1. The predicted octanol–water partition coefficient (Wildman–Crippen LogP) is 4.91. The molecular formula is C24H31ClN2O2. The molecule has 0 spiro atoms. The number of rotatable bonds is 10. The Morgan fingerprint density at radius 3 is 2.45 bits per heavy atom. The summed E-state index contributed by atoms with van der Waals surface area (Å²) < 4.78 is 0. The number of carbonyl (C=O) groups excluding carboxylic acids is 2. The highest BCUT2D eigenvalue weighted by Crippen LogP contribution is 2.17. The van der Waals surface area contributed by atoms with Crippen molar-refractivity contribution >= 4 is 23.4 Å². The van der Waals surface area contributed by atoms with Crippen LogP contribution in [0.15, 0.2) is 48.5 Å². The van der Waals surface area contributed by atoms with E-state index in [1.54, 1.807) is 17.0 Å². The molecule has 2 aromatic carbocycles. The van der Waals surface area contributed by atoms with Crippen LogP contribution in [-0.2, 0) is 22.6 Å². The van der Waals surface area contributed by atoms with Gasteiger partial charge in [-0.05, 0) is 43.0 Å². The highest BCUT2D eigenvalue weighted by Gasteiger charge is 2.28. The number of hydrogen-bond acceptors (Lipinski definition) is 2. The summed E-state index contributed by atoms with van der Waals surface area (Å²) in [6.07, 6.45) is 2.71. The maximum absolute atomic E-state index is 13.3. The van der Waals surface area contributed by atoms with Gasteiger partial charge >= 0.3 is 0 Å². The molecule has 1 atom stereocenters. The van der Waals surface area contributed by atoms with Crippen molar-refractivity contribution in [1.29, 1.82) is 0 Å². The quantitative estimate of drug-likeness (QED) is 0.561. The van der Waals surface area contributed by atoms with Crippen molar-refractivity contribution in [2.75, 3.05) is 6.54 Å². The van der Waals surface area contributed by atoms with Gasteiger partial charge < -0.3 is 10.2 Å². The first-order valence-electron chi connectivity index (χ1n) is 10.3. The minimum atomic E-state index is -0.501. The molecule has 0 aliphatic carbocycles. The molecule has 0 unspecified atom stereocenters. The molecule has 0 aliphatic rings. The second-order valence-electron chi connectivity index (χ2n) is 7.39. The van der Waals surface area contributed by atoms with E-state index in [1.165, 1.54) is 0 Å². The summed E-state index contributed by atoms with van der Waals surface area (Å²) in [4.78, 5) is 27.8. The Morgan fingerprint density at radius 2 is 1.79 bits per heavy atom. The summed E-state index contributed by atoms with van der Waals surface area (Å²) in [5.74, 6) is -0.167. The second kappa shape index (κ2) is 11.6. The van der Waals surface area contributed by atoms with Crippen molar-refractivity contribution in [3.63, 3.8) is 0 Å². The van der Waals surface area contributed by atoms with Crippen LogP contribution in [0.1, 0.15) is 49.8 Å². The Morgan fingerprint density at radius 1 is 1.07 bits per heavy atom. The lowest BCUT2D eigenvalue weighted by Crippen LogP contribution is -2.49. The zero-order valence-corrected chi connectivity index (χ0v) is 18.3. The molecule has 0 bridgehead atoms. The van der Waals surface area contributed by atoms with Gasteiger partial charge in [-0.2, -0.15) is 0 Å². The minimum absolute atomic E-state index is 0.0775. The molecule has 0 saturated carbocycles. The van der Waals surface area contributed by atoms with Crippen molar-refractivity contribution in [2.45, 2.75) is 59.0 Å². The van der Waals surface area contributed by atoms with Crippen LogP contribution in [0.3, 0.4) is 0 Å². The van der Waals surface area contributed by atoms with E-state index in [4.69, 9.17) is 11.6 Å². The van der Waals surface area contributed by atoms with E-state index in [-0.39, 0.29) is 18.2 Å². The number of carbonyl (C=O) groups is 2. The van der Waals surface area contributed by atoms with Gasteiger partial charge in [0.25, 0.3) is 0 Å². The summed E-state index contributed by atoms with van der Waals surface area (Å²) in [7, 11) is 0. The van der Waals surface area contributed by atoms with E-state index in [1.807, 2.05) is 44.2 Å². The van der Waals surface area contributed by atoms with Crippen molar-refractivity contribution in [3.05, 3.63) is 70.2 Å². The first kappa shape index (κ1) is 23.0. The van der Waals surface area contributed by atoms with E-state index in [0.717, 1.165) is 29.5 Å². The lowest BCUT2D eigenvalue weighted by molar-refractivity contribution is -0.140. The average Bonchev–Trinajstić information content (AvgIpc) is 2.68. The average molecular weight is 415 g/mol. The molecule has 2 rings (SSSR count). The predicted molar refractivity (Wildman–Crippen MR) is 119 cm³/mol. The van der Waals surface area contributed by atoms with Crippen LogP contribution in [0, 0.1) is 6.92 Å². The van der Waals surface area contributed by atoms with Gasteiger partial charge in [0.15, 0.2) is 0 Å². The monoisotopic (exact) mass is 414 g/mol. The zero-order chi connectivity index (χ0) is 21.2. The second-order valence-corrected chi connectivity index (χ2v) is 7.82. The van der Waals surface area contributed by atoms with Crippen LogP contribution in [0.25, 0.3) is 0 Å². The Bertz CT molecular complexity index is 822. The number of unbranched alkanes of at least 4 members (excludes halogenated alkanes) is 1. The molecule has 0 heterocycles. The van der Waals surface area contributed by atoms with Gasteiger partial charge in [-0.15, -0.1) is 0 Å². The van der Waals surface area contributed by atoms with Gasteiger partial charge in [-0.25, -0.2) is 0 Å². The minimum Gasteiger partial charge on any atom is -0.354 e. The maximum Gasteiger partial charge on any atom is 0.242 e. The molecule has 29 heavy (non-hydrogen) atoms. The molecule has 5 heteroatoms. The fourth-order valence-corrected chi connectivity index (χ4v) is 3.57. The molecular weight excluding hydrogens is 384 g/mol. The Balaban J connectivity index is 2.25. The first-order valence-corrected chi connectivity index (χ1v) is 10.7. The fourth-order valence-electron chi connectivity index (χ4n) is 3.36. The lowest BCUT2D eigenvalue weighted by Gasteiger charge is -2.31. The number of nitrogens with one attached hydrogen (secondary N) is 1. The summed E-state index contributed by atoms with van der Waals surface area (Å²) in [6, 6.07) is 14.9. The molecule has 0 saturated heterocycles. The standard InChI is InChI=1S/C24H31ClN2O2/c1-4-6-13-26-24(29)22(5-2)27(17-20-11-7-9-18(3)14-20)23(28)16-19-10-8-12-21(25)15-19/h7-12,14-15,22H,4-6,13,16-17H2,1-3H3,(H,26,29)/t22-/m0/s1. The highest BCUT2D eigenvalue weighted by atomic mass is 35.5. The van der Waals surface area contributed by atoms with Crippen LogP contribution in [0.5, 0.6) is 0 Å². The molecule has 2 aromatic rings. The van der Waals surface area contributed by atoms with Crippen LogP contribution >= 0.6 is 11.6 Å². The third-order valence-corrected chi connectivity index (χ3v) is 5.13. The third kappa shape index (κ3) is 7.21. The Hall–Kier alpha value is -2.33. The summed E-state index contributed by atoms with van der Waals surface area (Å²) >= 11 is 6.08. The van der Waals surface area contributed by atoms with E-state index in [0.29, 0.717) is 24.5 Å². The van der Waals surface area contributed by atoms with Gasteiger partial charge in [0, 0.05) is 18.1 Å². The van der Waals surface area contributed by atoms with Gasteiger partial charge in [-0.1, -0.05) is 73.8 Å². The number of hydrogen-bond donors (Lipinski definition) is 1. The highest BCUT2D eigenvalue weighted by molar-refractivity contribution is 6.30. The van der Waals surface area contributed by atoms with Crippen molar-refractivity contribution in [3.8, 4) is 0 Å². The topological polar surface area (TPSA) is 49.4 Å². The lowest BCUT2D eigenvalue weighted by atomic mass is 10.1. The molecule has 0 fully saturated rings. The zero-order valence-electron chi connectivity index (χ0n) is 17.6. The fraction of sp³-hybridized carbons (Fsp3) is 0.417. The summed E-state index contributed by atoms with van der Waals surface area (Å²) in [5, 5.41) is 3.59. The number of nitrogens with zero attached hydrogens (tertiary/aromatic N) is 1. The maximum atomic E-state index is 13.3. The van der Waals surface area contributed by atoms with Gasteiger partial charge in [-0.3, -0.25) is 9.59 Å². The first-order chi connectivity index (χ1) is 13.9. The largest absolute Gasteiger partial charge is 0.354 e. The molecule has 0 radical (unpaired) electrons. The van der Waals surface area contributed by atoms with Crippen LogP contribution in [0.4, 0.5) is 0 Å². The molecule has 1 N–H and O–H groups in total. The number of aryl methyl sites for hydroxylation is 1. The van der Waals surface area contributed by atoms with E-state index < -0.39 is 6.04 Å². The molecule has 2 amide bonds. The van der Waals surface area contributed by atoms with Crippen LogP contribution < -0.4 is 5.32 Å². The van der Waals surface area contributed by atoms with Gasteiger partial charge in [0.1, 0.15) is 6.04 Å². The Kier molecular flexibility index (Phi) is 9.20. The molecule has 0 aliphatic heterocycles. The van der Waals surface area contributed by atoms with E-state index >= 15 is 0 Å². The molecule has 0 aromatic heterocycles. The summed E-state index contributed by atoms with van der Waals surface area (Å²) in [6.45, 7) is 7.09. The van der Waals surface area contributed by atoms with E-state index in [9.17, 15) is 9.59 Å². The number of amides is 2. The van der Waals surface area contributed by atoms with Crippen LogP contribution in [-0.4, -0.2) is 29.3 Å². The van der Waals surface area contributed by atoms with Gasteiger partial charge in [0.05, 0.1) is 6.42 Å². The summed E-state index contributed by atoms with van der Waals surface area (Å²) in [5.41, 5.74) is 2.99. The van der Waals surface area contributed by atoms with Crippen molar-refractivity contribution in [1.82, 2.24) is 10.2 Å².